The Balaban J connectivity index is 2.00. The molecule has 0 atom stereocenters. The lowest BCUT2D eigenvalue weighted by Gasteiger charge is -2.19. The standard InChI is InChI=1S/C23H25NO3/c1-6-27-22(26)21(25)19-14-24(5)20-13-16(9-12-18(19)20)15-7-10-17(11-8-15)23(2,3)4/h7-14H,6H2,1-5H3. The van der Waals surface area contributed by atoms with E-state index in [1.165, 1.54) is 5.56 Å². The first-order valence-electron chi connectivity index (χ1n) is 9.14. The van der Waals surface area contributed by atoms with Crippen LogP contribution in [0.25, 0.3) is 22.0 Å². The van der Waals surface area contributed by atoms with E-state index in [0.29, 0.717) is 5.56 Å². The predicted octanol–water partition coefficient (Wildman–Crippen LogP) is 4.89. The van der Waals surface area contributed by atoms with Crippen molar-refractivity contribution in [1.82, 2.24) is 4.57 Å². The summed E-state index contributed by atoms with van der Waals surface area (Å²) in [4.78, 5) is 24.2. The summed E-state index contributed by atoms with van der Waals surface area (Å²) in [6.07, 6.45) is 1.69. The quantitative estimate of drug-likeness (QED) is 0.377. The third-order valence-electron chi connectivity index (χ3n) is 4.78. The van der Waals surface area contributed by atoms with E-state index in [0.717, 1.165) is 22.0 Å². The highest BCUT2D eigenvalue weighted by Crippen LogP contribution is 2.30. The fourth-order valence-corrected chi connectivity index (χ4v) is 3.21. The number of aromatic nitrogens is 1. The van der Waals surface area contributed by atoms with Crippen molar-refractivity contribution in [3.05, 3.63) is 59.8 Å². The SMILES string of the molecule is CCOC(=O)C(=O)c1cn(C)c2cc(-c3ccc(C(C)(C)C)cc3)ccc12. The van der Waals surface area contributed by atoms with Gasteiger partial charge in [-0.25, -0.2) is 4.79 Å². The topological polar surface area (TPSA) is 48.3 Å². The average molecular weight is 363 g/mol. The van der Waals surface area contributed by atoms with Gasteiger partial charge in [0.05, 0.1) is 12.2 Å². The number of nitrogens with zero attached hydrogens (tertiary/aromatic N) is 1. The van der Waals surface area contributed by atoms with Crippen LogP contribution in [0.3, 0.4) is 0 Å². The number of Topliss-reactive ketones (excluding diaryl/α,β-unsaturated/α-hetero) is 1. The van der Waals surface area contributed by atoms with E-state index in [2.05, 4.69) is 45.0 Å². The van der Waals surface area contributed by atoms with Crippen molar-refractivity contribution in [3.8, 4) is 11.1 Å². The number of hydrogen-bond donors (Lipinski definition) is 0. The van der Waals surface area contributed by atoms with Crippen LogP contribution in [-0.4, -0.2) is 22.9 Å². The molecule has 1 aromatic heterocycles. The van der Waals surface area contributed by atoms with Crippen LogP contribution in [0.1, 0.15) is 43.6 Å². The Bertz CT molecular complexity index is 1000. The Morgan fingerprint density at radius 2 is 1.63 bits per heavy atom. The smallest absolute Gasteiger partial charge is 0.379 e. The lowest BCUT2D eigenvalue weighted by atomic mass is 9.86. The van der Waals surface area contributed by atoms with Gasteiger partial charge in [0.15, 0.2) is 0 Å². The number of carbonyl (C=O) groups is 2. The van der Waals surface area contributed by atoms with Gasteiger partial charge in [-0.15, -0.1) is 0 Å². The molecule has 0 fully saturated rings. The van der Waals surface area contributed by atoms with Crippen molar-refractivity contribution >= 4 is 22.7 Å². The van der Waals surface area contributed by atoms with E-state index in [1.54, 1.807) is 13.1 Å². The Morgan fingerprint density at radius 1 is 1.00 bits per heavy atom. The van der Waals surface area contributed by atoms with Gasteiger partial charge in [-0.1, -0.05) is 57.2 Å². The van der Waals surface area contributed by atoms with E-state index in [1.807, 2.05) is 29.8 Å². The van der Waals surface area contributed by atoms with Crippen LogP contribution in [0.15, 0.2) is 48.7 Å². The van der Waals surface area contributed by atoms with E-state index in [-0.39, 0.29) is 12.0 Å². The van der Waals surface area contributed by atoms with E-state index in [4.69, 9.17) is 4.74 Å². The van der Waals surface area contributed by atoms with Crippen LogP contribution in [0.2, 0.25) is 0 Å². The molecule has 0 aliphatic rings. The molecule has 3 aromatic rings. The maximum absolute atomic E-state index is 12.4. The predicted molar refractivity (Wildman–Crippen MR) is 108 cm³/mol. The van der Waals surface area contributed by atoms with Crippen LogP contribution in [0.4, 0.5) is 0 Å². The first-order chi connectivity index (χ1) is 12.7. The van der Waals surface area contributed by atoms with Crippen molar-refractivity contribution in [2.24, 2.45) is 7.05 Å². The number of hydrogen-bond acceptors (Lipinski definition) is 3. The van der Waals surface area contributed by atoms with Gasteiger partial charge in [0.25, 0.3) is 5.78 Å². The summed E-state index contributed by atoms with van der Waals surface area (Å²) in [5.41, 5.74) is 4.86. The first-order valence-corrected chi connectivity index (χ1v) is 9.14. The van der Waals surface area contributed by atoms with Gasteiger partial charge in [-0.2, -0.15) is 0 Å². The molecule has 4 nitrogen and oxygen atoms in total. The van der Waals surface area contributed by atoms with Crippen LogP contribution < -0.4 is 0 Å². The van der Waals surface area contributed by atoms with Gasteiger partial charge in [0.1, 0.15) is 0 Å². The third kappa shape index (κ3) is 3.65. The third-order valence-corrected chi connectivity index (χ3v) is 4.78. The fraction of sp³-hybridized carbons (Fsp3) is 0.304. The van der Waals surface area contributed by atoms with Crippen LogP contribution in [0.5, 0.6) is 0 Å². The highest BCUT2D eigenvalue weighted by molar-refractivity contribution is 6.43. The van der Waals surface area contributed by atoms with Crippen LogP contribution >= 0.6 is 0 Å². The Kier molecular flexibility index (Phi) is 4.92. The zero-order valence-corrected chi connectivity index (χ0v) is 16.5. The molecular formula is C23H25NO3. The van der Waals surface area contributed by atoms with Crippen LogP contribution in [0, 0.1) is 0 Å². The minimum atomic E-state index is -0.813. The summed E-state index contributed by atoms with van der Waals surface area (Å²) >= 11 is 0. The number of esters is 1. The van der Waals surface area contributed by atoms with Gasteiger partial charge in [-0.3, -0.25) is 4.79 Å². The molecule has 0 N–H and O–H groups in total. The van der Waals surface area contributed by atoms with Gasteiger partial charge in [0.2, 0.25) is 0 Å². The maximum Gasteiger partial charge on any atom is 0.379 e. The van der Waals surface area contributed by atoms with E-state index in [9.17, 15) is 9.59 Å². The van der Waals surface area contributed by atoms with Gasteiger partial charge in [-0.05, 0) is 35.1 Å². The van der Waals surface area contributed by atoms with Crippen LogP contribution in [-0.2, 0) is 22.0 Å². The van der Waals surface area contributed by atoms with Crippen molar-refractivity contribution in [1.29, 1.82) is 0 Å². The molecule has 0 aliphatic carbocycles. The minimum absolute atomic E-state index is 0.114. The zero-order chi connectivity index (χ0) is 19.8. The van der Waals surface area contributed by atoms with Crippen molar-refractivity contribution in [3.63, 3.8) is 0 Å². The molecule has 3 rings (SSSR count). The second-order valence-electron chi connectivity index (χ2n) is 7.76. The molecule has 0 unspecified atom stereocenters. The Hall–Kier alpha value is -2.88. The summed E-state index contributed by atoms with van der Waals surface area (Å²) < 4.78 is 6.72. The molecule has 27 heavy (non-hydrogen) atoms. The Morgan fingerprint density at radius 3 is 2.22 bits per heavy atom. The van der Waals surface area contributed by atoms with Crippen molar-refractivity contribution in [2.45, 2.75) is 33.1 Å². The monoisotopic (exact) mass is 363 g/mol. The molecule has 0 bridgehead atoms. The summed E-state index contributed by atoms with van der Waals surface area (Å²) in [5, 5.41) is 0.755. The summed E-state index contributed by atoms with van der Waals surface area (Å²) in [7, 11) is 1.87. The highest BCUT2D eigenvalue weighted by Gasteiger charge is 2.22. The van der Waals surface area contributed by atoms with E-state index < -0.39 is 11.8 Å². The fourth-order valence-electron chi connectivity index (χ4n) is 3.21. The number of ether oxygens (including phenoxy) is 1. The molecule has 0 spiro atoms. The minimum Gasteiger partial charge on any atom is -0.460 e. The van der Waals surface area contributed by atoms with Gasteiger partial charge >= 0.3 is 5.97 Å². The second-order valence-corrected chi connectivity index (χ2v) is 7.76. The lowest BCUT2D eigenvalue weighted by molar-refractivity contribution is -0.137. The van der Waals surface area contributed by atoms with E-state index >= 15 is 0 Å². The maximum atomic E-state index is 12.4. The molecule has 0 aliphatic heterocycles. The molecule has 0 amide bonds. The normalized spacial score (nSPS) is 11.6. The average Bonchev–Trinajstić information content (AvgIpc) is 2.97. The summed E-state index contributed by atoms with van der Waals surface area (Å²) in [6, 6.07) is 14.5. The van der Waals surface area contributed by atoms with Crippen molar-refractivity contribution < 1.29 is 14.3 Å². The molecular weight excluding hydrogens is 338 g/mol. The molecule has 2 aromatic carbocycles. The molecule has 140 valence electrons. The number of fused-ring (bicyclic) bond motifs is 1. The zero-order valence-electron chi connectivity index (χ0n) is 16.5. The summed E-state index contributed by atoms with van der Waals surface area (Å²) in [6.45, 7) is 8.45. The van der Waals surface area contributed by atoms with Crippen molar-refractivity contribution in [2.75, 3.05) is 6.61 Å². The first kappa shape index (κ1) is 18.9. The summed E-state index contributed by atoms with van der Waals surface area (Å²) in [5.74, 6) is -1.42. The molecule has 0 saturated carbocycles. The molecule has 4 heteroatoms. The van der Waals surface area contributed by atoms with Gasteiger partial charge in [0, 0.05) is 24.1 Å². The lowest BCUT2D eigenvalue weighted by Crippen LogP contribution is -2.17. The largest absolute Gasteiger partial charge is 0.460 e. The molecule has 0 saturated heterocycles. The number of aryl methyl sites for hydroxylation is 1. The van der Waals surface area contributed by atoms with Gasteiger partial charge < -0.3 is 9.30 Å². The molecule has 0 radical (unpaired) electrons. The number of rotatable bonds is 4. The second kappa shape index (κ2) is 7.03. The number of carbonyl (C=O) groups excluding carboxylic acids is 2. The highest BCUT2D eigenvalue weighted by atomic mass is 16.5. The number of ketones is 1. The molecule has 1 heterocycles. The number of benzene rings is 2. The Labute approximate surface area is 159 Å².